The molecule has 1 aliphatic carbocycles. The average molecular weight is 253 g/mol. The van der Waals surface area contributed by atoms with E-state index in [1.54, 1.807) is 0 Å². The summed E-state index contributed by atoms with van der Waals surface area (Å²) in [7, 11) is 0. The highest BCUT2D eigenvalue weighted by Crippen LogP contribution is 2.32. The summed E-state index contributed by atoms with van der Waals surface area (Å²) in [5.41, 5.74) is 1.30. The Kier molecular flexibility index (Phi) is 3.46. The van der Waals surface area contributed by atoms with Crippen molar-refractivity contribution in [1.29, 1.82) is 0 Å². The van der Waals surface area contributed by atoms with Crippen LogP contribution in [0.1, 0.15) is 33.1 Å². The summed E-state index contributed by atoms with van der Waals surface area (Å²) in [5, 5.41) is 6.46. The van der Waals surface area contributed by atoms with E-state index in [2.05, 4.69) is 61.6 Å². The van der Waals surface area contributed by atoms with Gasteiger partial charge in [0.1, 0.15) is 0 Å². The van der Waals surface area contributed by atoms with Crippen molar-refractivity contribution in [2.45, 2.75) is 39.2 Å². The first-order chi connectivity index (χ1) is 9.24. The molecule has 3 atom stereocenters. The lowest BCUT2D eigenvalue weighted by Gasteiger charge is -2.34. The van der Waals surface area contributed by atoms with E-state index in [4.69, 9.17) is 0 Å². The van der Waals surface area contributed by atoms with Crippen LogP contribution in [-0.4, -0.2) is 6.04 Å². The number of anilines is 1. The van der Waals surface area contributed by atoms with Gasteiger partial charge in [-0.05, 0) is 42.6 Å². The Labute approximate surface area is 116 Å². The molecule has 0 radical (unpaired) electrons. The minimum Gasteiger partial charge on any atom is -0.382 e. The van der Waals surface area contributed by atoms with Crippen molar-refractivity contribution in [3.63, 3.8) is 0 Å². The fourth-order valence-electron chi connectivity index (χ4n) is 3.43. The standard InChI is InChI=1S/C18H23N/c1-13-10-11-17(14(2)12-13)19-18-9-5-7-15-6-3-4-8-16(15)18/h3-9,13-14,17,19H,10-12H2,1-2H3. The van der Waals surface area contributed by atoms with Crippen molar-refractivity contribution >= 4 is 16.5 Å². The van der Waals surface area contributed by atoms with E-state index >= 15 is 0 Å². The van der Waals surface area contributed by atoms with Crippen LogP contribution in [0.2, 0.25) is 0 Å². The van der Waals surface area contributed by atoms with Crippen molar-refractivity contribution in [2.24, 2.45) is 11.8 Å². The molecular weight excluding hydrogens is 230 g/mol. The summed E-state index contributed by atoms with van der Waals surface area (Å²) in [4.78, 5) is 0. The summed E-state index contributed by atoms with van der Waals surface area (Å²) < 4.78 is 0. The first kappa shape index (κ1) is 12.5. The van der Waals surface area contributed by atoms with Gasteiger partial charge < -0.3 is 5.32 Å². The highest BCUT2D eigenvalue weighted by molar-refractivity contribution is 5.93. The van der Waals surface area contributed by atoms with Gasteiger partial charge in [-0.2, -0.15) is 0 Å². The fourth-order valence-corrected chi connectivity index (χ4v) is 3.43. The summed E-state index contributed by atoms with van der Waals surface area (Å²) in [6, 6.07) is 15.8. The van der Waals surface area contributed by atoms with E-state index in [0.29, 0.717) is 6.04 Å². The topological polar surface area (TPSA) is 12.0 Å². The zero-order chi connectivity index (χ0) is 13.2. The molecule has 1 nitrogen and oxygen atoms in total. The molecule has 0 aliphatic heterocycles. The van der Waals surface area contributed by atoms with Gasteiger partial charge in [0.15, 0.2) is 0 Å². The maximum Gasteiger partial charge on any atom is 0.0422 e. The molecule has 2 aromatic carbocycles. The zero-order valence-electron chi connectivity index (χ0n) is 11.9. The summed E-state index contributed by atoms with van der Waals surface area (Å²) in [6.45, 7) is 4.77. The Bertz CT molecular complexity index is 555. The second-order valence-electron chi connectivity index (χ2n) is 6.17. The van der Waals surface area contributed by atoms with E-state index in [0.717, 1.165) is 11.8 Å². The van der Waals surface area contributed by atoms with Gasteiger partial charge in [-0.1, -0.05) is 50.2 Å². The van der Waals surface area contributed by atoms with E-state index < -0.39 is 0 Å². The van der Waals surface area contributed by atoms with Gasteiger partial charge >= 0.3 is 0 Å². The highest BCUT2D eigenvalue weighted by atomic mass is 14.9. The smallest absolute Gasteiger partial charge is 0.0422 e. The van der Waals surface area contributed by atoms with E-state index in [-0.39, 0.29) is 0 Å². The number of rotatable bonds is 2. The van der Waals surface area contributed by atoms with Crippen LogP contribution >= 0.6 is 0 Å². The number of hydrogen-bond donors (Lipinski definition) is 1. The summed E-state index contributed by atoms with van der Waals surface area (Å²) in [6.07, 6.45) is 4.00. The normalized spacial score (nSPS) is 27.4. The third-order valence-corrected chi connectivity index (χ3v) is 4.56. The molecule has 1 heteroatoms. The first-order valence-electron chi connectivity index (χ1n) is 7.48. The molecule has 0 aromatic heterocycles. The van der Waals surface area contributed by atoms with Crippen LogP contribution in [0.15, 0.2) is 42.5 Å². The maximum absolute atomic E-state index is 3.79. The predicted octanol–water partition coefficient (Wildman–Crippen LogP) is 5.08. The molecule has 1 aliphatic rings. The van der Waals surface area contributed by atoms with Crippen molar-refractivity contribution in [1.82, 2.24) is 0 Å². The van der Waals surface area contributed by atoms with Crippen LogP contribution in [0.3, 0.4) is 0 Å². The maximum atomic E-state index is 3.79. The van der Waals surface area contributed by atoms with E-state index in [1.807, 2.05) is 0 Å². The third kappa shape index (κ3) is 2.60. The molecule has 19 heavy (non-hydrogen) atoms. The van der Waals surface area contributed by atoms with Crippen LogP contribution in [0.4, 0.5) is 5.69 Å². The number of nitrogens with one attached hydrogen (secondary N) is 1. The molecule has 1 N–H and O–H groups in total. The second-order valence-corrected chi connectivity index (χ2v) is 6.17. The molecular formula is C18H23N. The van der Waals surface area contributed by atoms with Gasteiger partial charge in [-0.15, -0.1) is 0 Å². The molecule has 0 bridgehead atoms. The minimum absolute atomic E-state index is 0.627. The van der Waals surface area contributed by atoms with Gasteiger partial charge in [-0.3, -0.25) is 0 Å². The Balaban J connectivity index is 1.85. The van der Waals surface area contributed by atoms with Gasteiger partial charge in [0.2, 0.25) is 0 Å². The lowest BCUT2D eigenvalue weighted by Crippen LogP contribution is -2.33. The van der Waals surface area contributed by atoms with Crippen molar-refractivity contribution in [2.75, 3.05) is 5.32 Å². The van der Waals surface area contributed by atoms with Gasteiger partial charge in [0.05, 0.1) is 0 Å². The quantitative estimate of drug-likeness (QED) is 0.787. The number of hydrogen-bond acceptors (Lipinski definition) is 1. The lowest BCUT2D eigenvalue weighted by molar-refractivity contribution is 0.276. The monoisotopic (exact) mass is 253 g/mol. The van der Waals surface area contributed by atoms with Crippen LogP contribution in [0.5, 0.6) is 0 Å². The van der Waals surface area contributed by atoms with Crippen LogP contribution < -0.4 is 5.32 Å². The molecule has 0 spiro atoms. The van der Waals surface area contributed by atoms with Crippen molar-refractivity contribution in [3.05, 3.63) is 42.5 Å². The predicted molar refractivity (Wildman–Crippen MR) is 83.5 cm³/mol. The highest BCUT2D eigenvalue weighted by Gasteiger charge is 2.25. The lowest BCUT2D eigenvalue weighted by atomic mass is 9.80. The van der Waals surface area contributed by atoms with Gasteiger partial charge in [0.25, 0.3) is 0 Å². The molecule has 0 saturated heterocycles. The van der Waals surface area contributed by atoms with Crippen LogP contribution in [0.25, 0.3) is 10.8 Å². The SMILES string of the molecule is CC1CCC(Nc2cccc3ccccc23)C(C)C1. The minimum atomic E-state index is 0.627. The Hall–Kier alpha value is -1.50. The molecule has 3 unspecified atom stereocenters. The largest absolute Gasteiger partial charge is 0.382 e. The first-order valence-corrected chi connectivity index (χ1v) is 7.48. The fraction of sp³-hybridized carbons (Fsp3) is 0.444. The number of benzene rings is 2. The van der Waals surface area contributed by atoms with Crippen molar-refractivity contribution < 1.29 is 0 Å². The summed E-state index contributed by atoms with van der Waals surface area (Å²) >= 11 is 0. The molecule has 2 aromatic rings. The molecule has 100 valence electrons. The number of fused-ring (bicyclic) bond motifs is 1. The molecule has 0 heterocycles. The van der Waals surface area contributed by atoms with Crippen LogP contribution in [0, 0.1) is 11.8 Å². The molecule has 0 amide bonds. The molecule has 3 rings (SSSR count). The molecule has 1 saturated carbocycles. The Morgan fingerprint density at radius 3 is 2.58 bits per heavy atom. The van der Waals surface area contributed by atoms with Crippen LogP contribution in [-0.2, 0) is 0 Å². The summed E-state index contributed by atoms with van der Waals surface area (Å²) in [5.74, 6) is 1.66. The van der Waals surface area contributed by atoms with E-state index in [1.165, 1.54) is 35.7 Å². The van der Waals surface area contributed by atoms with Crippen molar-refractivity contribution in [3.8, 4) is 0 Å². The third-order valence-electron chi connectivity index (χ3n) is 4.56. The van der Waals surface area contributed by atoms with Gasteiger partial charge in [0, 0.05) is 17.1 Å². The average Bonchev–Trinajstić information content (AvgIpc) is 2.42. The van der Waals surface area contributed by atoms with Gasteiger partial charge in [-0.25, -0.2) is 0 Å². The zero-order valence-corrected chi connectivity index (χ0v) is 11.9. The molecule has 1 fully saturated rings. The Morgan fingerprint density at radius 2 is 1.74 bits per heavy atom. The second kappa shape index (κ2) is 5.24. The van der Waals surface area contributed by atoms with E-state index in [9.17, 15) is 0 Å². The Morgan fingerprint density at radius 1 is 0.947 bits per heavy atom.